The summed E-state index contributed by atoms with van der Waals surface area (Å²) in [5, 5.41) is 0. The topological polar surface area (TPSA) is 131 Å². The zero-order valence-corrected chi connectivity index (χ0v) is 20.1. The normalized spacial score (nSPS) is 15.8. The molecule has 1 aliphatic heterocycles. The summed E-state index contributed by atoms with van der Waals surface area (Å²) in [6.07, 6.45) is -0.120. The maximum absolute atomic E-state index is 13.2. The van der Waals surface area contributed by atoms with Crippen molar-refractivity contribution < 1.29 is 27.2 Å². The molecule has 1 aromatic heterocycles. The van der Waals surface area contributed by atoms with Crippen LogP contribution in [-0.4, -0.2) is 73.6 Å². The zero-order valence-electron chi connectivity index (χ0n) is 19.2. The number of amides is 2. The first-order chi connectivity index (χ1) is 15.5. The van der Waals surface area contributed by atoms with E-state index in [0.29, 0.717) is 25.0 Å². The van der Waals surface area contributed by atoms with Crippen molar-refractivity contribution in [2.45, 2.75) is 38.1 Å². The van der Waals surface area contributed by atoms with E-state index >= 15 is 0 Å². The van der Waals surface area contributed by atoms with Gasteiger partial charge in [0.1, 0.15) is 6.04 Å². The number of nitrogens with one attached hydrogen (secondary N) is 1. The molecule has 0 bridgehead atoms. The highest BCUT2D eigenvalue weighted by Gasteiger charge is 2.33. The molecule has 1 aromatic carbocycles. The van der Waals surface area contributed by atoms with E-state index in [0.717, 1.165) is 0 Å². The molecule has 0 radical (unpaired) electrons. The van der Waals surface area contributed by atoms with Crippen LogP contribution in [0, 0.1) is 5.92 Å². The van der Waals surface area contributed by atoms with Gasteiger partial charge >= 0.3 is 11.8 Å². The van der Waals surface area contributed by atoms with Crippen LogP contribution in [0.2, 0.25) is 0 Å². The van der Waals surface area contributed by atoms with Crippen molar-refractivity contribution in [1.82, 2.24) is 19.1 Å². The number of rotatable bonds is 7. The van der Waals surface area contributed by atoms with Gasteiger partial charge in [0.15, 0.2) is 5.58 Å². The molecule has 1 fully saturated rings. The lowest BCUT2D eigenvalue weighted by Crippen LogP contribution is -2.56. The molecule has 0 aliphatic carbocycles. The van der Waals surface area contributed by atoms with Crippen LogP contribution in [-0.2, 0) is 26.6 Å². The molecule has 1 N–H and O–H groups in total. The predicted molar refractivity (Wildman–Crippen MR) is 120 cm³/mol. The first kappa shape index (κ1) is 24.8. The second-order valence-corrected chi connectivity index (χ2v) is 10.1. The number of hydrogen-bond acceptors (Lipinski definition) is 7. The van der Waals surface area contributed by atoms with E-state index in [1.807, 2.05) is 13.8 Å². The van der Waals surface area contributed by atoms with Gasteiger partial charge in [-0.15, -0.1) is 0 Å². The molecule has 2 amide bonds. The molecule has 33 heavy (non-hydrogen) atoms. The fourth-order valence-corrected chi connectivity index (χ4v) is 4.97. The highest BCUT2D eigenvalue weighted by molar-refractivity contribution is 7.89. The Hall–Kier alpha value is -2.86. The Morgan fingerprint density at radius 1 is 1.15 bits per heavy atom. The average Bonchev–Trinajstić information content (AvgIpc) is 3.05. The third kappa shape index (κ3) is 5.56. The van der Waals surface area contributed by atoms with Crippen molar-refractivity contribution in [3.8, 4) is 0 Å². The Labute approximate surface area is 192 Å². The molecule has 182 valence electrons. The Morgan fingerprint density at radius 3 is 2.39 bits per heavy atom. The molecule has 3 rings (SSSR count). The molecule has 1 atom stereocenters. The van der Waals surface area contributed by atoms with Crippen molar-refractivity contribution in [2.75, 3.05) is 32.8 Å². The highest BCUT2D eigenvalue weighted by atomic mass is 32.2. The molecule has 0 unspecified atom stereocenters. The number of carbonyl (C=O) groups is 2. The van der Waals surface area contributed by atoms with Gasteiger partial charge in [-0.1, -0.05) is 13.8 Å². The zero-order chi connectivity index (χ0) is 24.3. The van der Waals surface area contributed by atoms with Gasteiger partial charge in [-0.3, -0.25) is 9.36 Å². The third-order valence-corrected chi connectivity index (χ3v) is 6.96. The fourth-order valence-electron chi connectivity index (χ4n) is 3.75. The van der Waals surface area contributed by atoms with Gasteiger partial charge in [0.2, 0.25) is 15.9 Å². The van der Waals surface area contributed by atoms with Crippen molar-refractivity contribution >= 4 is 33.1 Å². The van der Waals surface area contributed by atoms with Crippen LogP contribution in [0.3, 0.4) is 0 Å². The average molecular weight is 483 g/mol. The number of aryl methyl sites for hydroxylation is 1. The monoisotopic (exact) mass is 482 g/mol. The van der Waals surface area contributed by atoms with Crippen molar-refractivity contribution in [3.63, 3.8) is 0 Å². The van der Waals surface area contributed by atoms with E-state index in [1.54, 1.807) is 11.8 Å². The maximum atomic E-state index is 13.2. The van der Waals surface area contributed by atoms with Crippen molar-refractivity contribution in [3.05, 3.63) is 28.7 Å². The van der Waals surface area contributed by atoms with E-state index in [1.165, 1.54) is 34.7 Å². The molecule has 1 saturated heterocycles. The Balaban J connectivity index is 1.76. The highest BCUT2D eigenvalue weighted by Crippen LogP contribution is 2.20. The lowest BCUT2D eigenvalue weighted by molar-refractivity contribution is -0.135. The maximum Gasteiger partial charge on any atom is 0.419 e. The SMILES string of the molecule is CCOC(=O)N1CCN(C(=O)[C@H](CC(C)C)NS(=O)(=O)c2ccc3c(c2)oc(=O)n3C)CC1. The summed E-state index contributed by atoms with van der Waals surface area (Å²) in [6.45, 7) is 7.00. The Morgan fingerprint density at radius 2 is 1.79 bits per heavy atom. The largest absolute Gasteiger partial charge is 0.450 e. The summed E-state index contributed by atoms with van der Waals surface area (Å²) in [5.74, 6) is -0.887. The van der Waals surface area contributed by atoms with Crippen LogP contribution in [0.15, 0.2) is 32.3 Å². The molecule has 2 heterocycles. The standard InChI is InChI=1S/C21H30N4O7S/c1-5-31-21(28)25-10-8-24(9-11-25)19(26)16(12-14(2)3)22-33(29,30)15-6-7-17-18(13-15)32-20(27)23(17)4/h6-7,13-14,16,22H,5,8-12H2,1-4H3/t16-/m0/s1. The van der Waals surface area contributed by atoms with E-state index < -0.39 is 27.9 Å². The summed E-state index contributed by atoms with van der Waals surface area (Å²) < 4.78 is 40.1. The van der Waals surface area contributed by atoms with Crippen molar-refractivity contribution in [1.29, 1.82) is 0 Å². The molecule has 1 aliphatic rings. The summed E-state index contributed by atoms with van der Waals surface area (Å²) in [5.41, 5.74) is 0.612. The van der Waals surface area contributed by atoms with E-state index in [-0.39, 0.29) is 42.0 Å². The first-order valence-corrected chi connectivity index (χ1v) is 12.3. The quantitative estimate of drug-likeness (QED) is 0.626. The lowest BCUT2D eigenvalue weighted by Gasteiger charge is -2.36. The third-order valence-electron chi connectivity index (χ3n) is 5.49. The number of carbonyl (C=O) groups excluding carboxylic acids is 2. The van der Waals surface area contributed by atoms with E-state index in [4.69, 9.17) is 9.15 Å². The minimum absolute atomic E-state index is 0.0529. The molecule has 2 aromatic rings. The minimum atomic E-state index is -4.07. The summed E-state index contributed by atoms with van der Waals surface area (Å²) >= 11 is 0. The number of nitrogens with zero attached hydrogens (tertiary/aromatic N) is 3. The summed E-state index contributed by atoms with van der Waals surface area (Å²) in [7, 11) is -2.54. The van der Waals surface area contributed by atoms with Gasteiger partial charge in [0.05, 0.1) is 17.0 Å². The first-order valence-electron chi connectivity index (χ1n) is 10.9. The molecular weight excluding hydrogens is 452 g/mol. The summed E-state index contributed by atoms with van der Waals surface area (Å²) in [6, 6.07) is 3.16. The summed E-state index contributed by atoms with van der Waals surface area (Å²) in [4.78, 5) is 39.8. The van der Waals surface area contributed by atoms with Gasteiger partial charge in [-0.05, 0) is 31.4 Å². The van der Waals surface area contributed by atoms with E-state index in [9.17, 15) is 22.8 Å². The molecule has 0 saturated carbocycles. The number of oxazole rings is 1. The Kier molecular flexibility index (Phi) is 7.48. The van der Waals surface area contributed by atoms with Crippen LogP contribution in [0.4, 0.5) is 4.79 Å². The molecule has 0 spiro atoms. The molecule has 11 nitrogen and oxygen atoms in total. The van der Waals surface area contributed by atoms with Gasteiger partial charge in [-0.25, -0.2) is 18.0 Å². The number of fused-ring (bicyclic) bond motifs is 1. The Bertz CT molecular complexity index is 1180. The van der Waals surface area contributed by atoms with Gasteiger partial charge < -0.3 is 19.0 Å². The van der Waals surface area contributed by atoms with Crippen LogP contribution >= 0.6 is 0 Å². The number of ether oxygens (including phenoxy) is 1. The van der Waals surface area contributed by atoms with Gasteiger partial charge in [0.25, 0.3) is 0 Å². The molecular formula is C21H30N4O7S. The van der Waals surface area contributed by atoms with E-state index in [2.05, 4.69) is 4.72 Å². The van der Waals surface area contributed by atoms with Crippen LogP contribution in [0.25, 0.3) is 11.1 Å². The van der Waals surface area contributed by atoms with Crippen LogP contribution < -0.4 is 10.5 Å². The fraction of sp³-hybridized carbons (Fsp3) is 0.571. The number of benzene rings is 1. The lowest BCUT2D eigenvalue weighted by atomic mass is 10.0. The number of hydrogen-bond donors (Lipinski definition) is 1. The predicted octanol–water partition coefficient (Wildman–Crippen LogP) is 1.13. The second kappa shape index (κ2) is 9.96. The number of aromatic nitrogens is 1. The minimum Gasteiger partial charge on any atom is -0.450 e. The van der Waals surface area contributed by atoms with Crippen molar-refractivity contribution in [2.24, 2.45) is 13.0 Å². The van der Waals surface area contributed by atoms with Crippen LogP contribution in [0.5, 0.6) is 0 Å². The molecule has 12 heteroatoms. The second-order valence-electron chi connectivity index (χ2n) is 8.37. The smallest absolute Gasteiger partial charge is 0.419 e. The van der Waals surface area contributed by atoms with Crippen LogP contribution in [0.1, 0.15) is 27.2 Å². The van der Waals surface area contributed by atoms with Gasteiger partial charge in [-0.2, -0.15) is 4.72 Å². The number of sulfonamides is 1. The van der Waals surface area contributed by atoms with Gasteiger partial charge in [0, 0.05) is 39.3 Å². The number of piperazine rings is 1.